The van der Waals surface area contributed by atoms with Crippen molar-refractivity contribution in [3.05, 3.63) is 35.1 Å². The number of aromatic nitrogens is 1. The zero-order valence-corrected chi connectivity index (χ0v) is 9.63. The highest BCUT2D eigenvalue weighted by molar-refractivity contribution is 9.10. The summed E-state index contributed by atoms with van der Waals surface area (Å²) in [5.41, 5.74) is 2.61. The highest BCUT2D eigenvalue weighted by atomic mass is 79.9. The largest absolute Gasteiger partial charge is 0.370 e. The fourth-order valence-corrected chi connectivity index (χ4v) is 2.19. The van der Waals surface area contributed by atoms with E-state index < -0.39 is 0 Å². The molecule has 0 saturated carbocycles. The lowest BCUT2D eigenvalue weighted by atomic mass is 10.1. The zero-order valence-electron chi connectivity index (χ0n) is 8.04. The molecule has 1 fully saturated rings. The third-order valence-corrected chi connectivity index (χ3v) is 3.17. The first-order valence-corrected chi connectivity index (χ1v) is 5.58. The van der Waals surface area contributed by atoms with Gasteiger partial charge in [-0.25, -0.2) is 0 Å². The van der Waals surface area contributed by atoms with Crippen molar-refractivity contribution < 1.29 is 0 Å². The summed E-state index contributed by atoms with van der Waals surface area (Å²) in [6.45, 7) is 6.16. The van der Waals surface area contributed by atoms with Gasteiger partial charge in [0.15, 0.2) is 0 Å². The van der Waals surface area contributed by atoms with Crippen molar-refractivity contribution in [3.63, 3.8) is 0 Å². The maximum atomic E-state index is 4.06. The first-order valence-electron chi connectivity index (χ1n) is 4.78. The van der Waals surface area contributed by atoms with E-state index in [9.17, 15) is 0 Å². The Labute approximate surface area is 92.8 Å². The van der Waals surface area contributed by atoms with Crippen molar-refractivity contribution in [3.8, 4) is 0 Å². The van der Waals surface area contributed by atoms with Crippen LogP contribution in [0.3, 0.4) is 0 Å². The molecule has 0 spiro atoms. The summed E-state index contributed by atoms with van der Waals surface area (Å²) in [5, 5.41) is 0. The maximum Gasteiger partial charge on any atom is 0.0592 e. The van der Waals surface area contributed by atoms with E-state index in [2.05, 4.69) is 38.5 Å². The van der Waals surface area contributed by atoms with Gasteiger partial charge in [0.25, 0.3) is 0 Å². The van der Waals surface area contributed by atoms with Crippen molar-refractivity contribution in [2.75, 3.05) is 18.0 Å². The van der Waals surface area contributed by atoms with E-state index in [1.807, 2.05) is 12.4 Å². The lowest BCUT2D eigenvalue weighted by molar-refractivity contribution is 0.686. The van der Waals surface area contributed by atoms with E-state index in [0.717, 1.165) is 30.4 Å². The number of hydrogen-bond acceptors (Lipinski definition) is 2. The molecule has 1 saturated heterocycles. The van der Waals surface area contributed by atoms with Crippen LogP contribution in [-0.4, -0.2) is 18.1 Å². The summed E-state index contributed by atoms with van der Waals surface area (Å²) in [7, 11) is 0. The Morgan fingerprint density at radius 3 is 2.71 bits per heavy atom. The molecule has 0 radical (unpaired) electrons. The van der Waals surface area contributed by atoms with Crippen molar-refractivity contribution in [2.45, 2.75) is 12.8 Å². The number of piperidine rings is 1. The molecule has 3 heteroatoms. The van der Waals surface area contributed by atoms with E-state index in [4.69, 9.17) is 0 Å². The standard InChI is InChI=1S/C11H13BrN2/c1-9-3-6-14(7-4-9)11-2-5-13-8-10(11)12/h2,5,8H,1,3-4,6-7H2. The SMILES string of the molecule is C=C1CCN(c2ccncc2Br)CC1. The minimum Gasteiger partial charge on any atom is -0.370 e. The number of rotatable bonds is 1. The van der Waals surface area contributed by atoms with Crippen LogP contribution in [0.1, 0.15) is 12.8 Å². The fraction of sp³-hybridized carbons (Fsp3) is 0.364. The van der Waals surface area contributed by atoms with Gasteiger partial charge in [-0.2, -0.15) is 0 Å². The Morgan fingerprint density at radius 2 is 2.07 bits per heavy atom. The van der Waals surface area contributed by atoms with Gasteiger partial charge < -0.3 is 4.90 Å². The van der Waals surface area contributed by atoms with Crippen LogP contribution in [-0.2, 0) is 0 Å². The maximum absolute atomic E-state index is 4.06. The van der Waals surface area contributed by atoms with Crippen LogP contribution in [0.15, 0.2) is 35.1 Å². The van der Waals surface area contributed by atoms with Crippen molar-refractivity contribution >= 4 is 21.6 Å². The molecular formula is C11H13BrN2. The second kappa shape index (κ2) is 4.13. The Balaban J connectivity index is 2.16. The molecule has 2 rings (SSSR count). The summed E-state index contributed by atoms with van der Waals surface area (Å²) in [4.78, 5) is 6.44. The number of anilines is 1. The minimum absolute atomic E-state index is 1.07. The van der Waals surface area contributed by atoms with Gasteiger partial charge in [0.05, 0.1) is 10.2 Å². The molecule has 0 N–H and O–H groups in total. The number of hydrogen-bond donors (Lipinski definition) is 0. The zero-order chi connectivity index (χ0) is 9.97. The average molecular weight is 253 g/mol. The van der Waals surface area contributed by atoms with Crippen molar-refractivity contribution in [1.29, 1.82) is 0 Å². The highest BCUT2D eigenvalue weighted by Gasteiger charge is 2.14. The van der Waals surface area contributed by atoms with Crippen LogP contribution in [0.5, 0.6) is 0 Å². The van der Waals surface area contributed by atoms with Gasteiger partial charge in [-0.1, -0.05) is 12.2 Å². The van der Waals surface area contributed by atoms with Crippen LogP contribution in [0, 0.1) is 0 Å². The second-order valence-corrected chi connectivity index (χ2v) is 4.42. The summed E-state index contributed by atoms with van der Waals surface area (Å²) in [6.07, 6.45) is 5.89. The fourth-order valence-electron chi connectivity index (χ4n) is 1.69. The predicted molar refractivity (Wildman–Crippen MR) is 62.5 cm³/mol. The van der Waals surface area contributed by atoms with Crippen molar-refractivity contribution in [1.82, 2.24) is 4.98 Å². The molecule has 2 nitrogen and oxygen atoms in total. The molecule has 2 heterocycles. The monoisotopic (exact) mass is 252 g/mol. The Bertz CT molecular complexity index is 339. The molecule has 14 heavy (non-hydrogen) atoms. The smallest absolute Gasteiger partial charge is 0.0592 e. The Hall–Kier alpha value is -0.830. The molecule has 1 aromatic heterocycles. The molecule has 0 amide bonds. The van der Waals surface area contributed by atoms with Gasteiger partial charge in [0.2, 0.25) is 0 Å². The van der Waals surface area contributed by atoms with E-state index in [-0.39, 0.29) is 0 Å². The molecule has 1 aliphatic heterocycles. The molecule has 0 unspecified atom stereocenters. The number of pyridine rings is 1. The predicted octanol–water partition coefficient (Wildman–Crippen LogP) is 3.00. The third-order valence-electron chi connectivity index (χ3n) is 2.56. The normalized spacial score (nSPS) is 17.2. The van der Waals surface area contributed by atoms with Gasteiger partial charge in [-0.3, -0.25) is 4.98 Å². The summed E-state index contributed by atoms with van der Waals surface area (Å²) < 4.78 is 1.08. The van der Waals surface area contributed by atoms with Crippen LogP contribution < -0.4 is 4.90 Å². The molecule has 0 aromatic carbocycles. The van der Waals surface area contributed by atoms with Crippen LogP contribution in [0.25, 0.3) is 0 Å². The highest BCUT2D eigenvalue weighted by Crippen LogP contribution is 2.28. The van der Waals surface area contributed by atoms with E-state index in [0.29, 0.717) is 0 Å². The number of nitrogens with zero attached hydrogens (tertiary/aromatic N) is 2. The molecule has 1 aliphatic rings. The first kappa shape index (κ1) is 9.71. The summed E-state index contributed by atoms with van der Waals surface area (Å²) >= 11 is 3.52. The Morgan fingerprint density at radius 1 is 1.36 bits per heavy atom. The lowest BCUT2D eigenvalue weighted by Gasteiger charge is -2.30. The quantitative estimate of drug-likeness (QED) is 0.715. The third kappa shape index (κ3) is 1.98. The summed E-state index contributed by atoms with van der Waals surface area (Å²) in [5.74, 6) is 0. The van der Waals surface area contributed by atoms with Gasteiger partial charge in [0, 0.05) is 25.5 Å². The topological polar surface area (TPSA) is 16.1 Å². The van der Waals surface area contributed by atoms with E-state index in [1.54, 1.807) is 0 Å². The van der Waals surface area contributed by atoms with E-state index >= 15 is 0 Å². The molecule has 74 valence electrons. The molecule has 0 bridgehead atoms. The lowest BCUT2D eigenvalue weighted by Crippen LogP contribution is -2.30. The molecular weight excluding hydrogens is 240 g/mol. The van der Waals surface area contributed by atoms with Gasteiger partial charge in [-0.05, 0) is 34.8 Å². The Kier molecular flexibility index (Phi) is 2.87. The second-order valence-electron chi connectivity index (χ2n) is 3.56. The average Bonchev–Trinajstić information content (AvgIpc) is 2.20. The summed E-state index contributed by atoms with van der Waals surface area (Å²) in [6, 6.07) is 2.05. The van der Waals surface area contributed by atoms with Gasteiger partial charge in [-0.15, -0.1) is 0 Å². The van der Waals surface area contributed by atoms with Gasteiger partial charge in [0.1, 0.15) is 0 Å². The van der Waals surface area contributed by atoms with E-state index in [1.165, 1.54) is 11.3 Å². The first-order chi connectivity index (χ1) is 6.77. The number of halogens is 1. The molecule has 0 aliphatic carbocycles. The van der Waals surface area contributed by atoms with Gasteiger partial charge >= 0.3 is 0 Å². The van der Waals surface area contributed by atoms with Crippen LogP contribution in [0.4, 0.5) is 5.69 Å². The van der Waals surface area contributed by atoms with Crippen LogP contribution in [0.2, 0.25) is 0 Å². The minimum atomic E-state index is 1.07. The van der Waals surface area contributed by atoms with Crippen molar-refractivity contribution in [2.24, 2.45) is 0 Å². The molecule has 1 aromatic rings. The van der Waals surface area contributed by atoms with Crippen LogP contribution >= 0.6 is 15.9 Å². The molecule has 0 atom stereocenters.